The van der Waals surface area contributed by atoms with Crippen molar-refractivity contribution in [2.24, 2.45) is 0 Å². The first-order valence-corrected chi connectivity index (χ1v) is 10.5. The van der Waals surface area contributed by atoms with E-state index in [9.17, 15) is 13.2 Å². The first-order valence-electron chi connectivity index (χ1n) is 8.04. The molecule has 0 saturated heterocycles. The molecule has 0 unspecified atom stereocenters. The zero-order chi connectivity index (χ0) is 19.3. The van der Waals surface area contributed by atoms with E-state index < -0.39 is 10.0 Å². The number of carbonyl (C=O) groups is 1. The topological polar surface area (TPSA) is 98.2 Å². The Kier molecular flexibility index (Phi) is 5.92. The lowest BCUT2D eigenvalue weighted by Gasteiger charge is -2.12. The fourth-order valence-corrected chi connectivity index (χ4v) is 4.22. The lowest BCUT2D eigenvalue weighted by molar-refractivity contribution is -0.140. The average molecular weight is 403 g/mol. The highest BCUT2D eigenvalue weighted by Crippen LogP contribution is 2.28. The van der Waals surface area contributed by atoms with Crippen LogP contribution in [0.3, 0.4) is 0 Å². The lowest BCUT2D eigenvalue weighted by atomic mass is 10.3. The Morgan fingerprint density at radius 3 is 2.33 bits per heavy atom. The standard InChI is InChI=1S/C18H17N3O4S2/c1-25-16(22)11-12-26-18-17(19-14-9-5-6-10-15(14)20-18)21-27(23,24)13-7-3-2-4-8-13/h2-10H,11-12H2,1H3,(H,19,21). The molecule has 0 spiro atoms. The van der Waals surface area contributed by atoms with Gasteiger partial charge in [-0.25, -0.2) is 18.4 Å². The van der Waals surface area contributed by atoms with Crippen LogP contribution in [0.15, 0.2) is 64.5 Å². The Morgan fingerprint density at radius 2 is 1.67 bits per heavy atom. The second-order valence-corrected chi connectivity index (χ2v) is 8.23. The van der Waals surface area contributed by atoms with Crippen LogP contribution in [-0.2, 0) is 19.6 Å². The number of fused-ring (bicyclic) bond motifs is 1. The molecule has 0 aliphatic rings. The molecule has 0 saturated carbocycles. The van der Waals surface area contributed by atoms with Crippen LogP contribution in [0.4, 0.5) is 5.82 Å². The van der Waals surface area contributed by atoms with Crippen LogP contribution in [0.5, 0.6) is 0 Å². The summed E-state index contributed by atoms with van der Waals surface area (Å²) in [4.78, 5) is 20.4. The van der Waals surface area contributed by atoms with Gasteiger partial charge < -0.3 is 4.74 Å². The molecule has 0 amide bonds. The van der Waals surface area contributed by atoms with E-state index in [2.05, 4.69) is 19.4 Å². The van der Waals surface area contributed by atoms with Crippen LogP contribution in [0.1, 0.15) is 6.42 Å². The van der Waals surface area contributed by atoms with Crippen LogP contribution in [0.25, 0.3) is 11.0 Å². The van der Waals surface area contributed by atoms with Crippen LogP contribution in [-0.4, -0.2) is 37.2 Å². The Labute approximate surface area is 161 Å². The number of sulfonamides is 1. The number of ether oxygens (including phenoxy) is 1. The Bertz CT molecular complexity index is 1060. The maximum Gasteiger partial charge on any atom is 0.306 e. The van der Waals surface area contributed by atoms with E-state index in [0.717, 1.165) is 0 Å². The van der Waals surface area contributed by atoms with Crippen molar-refractivity contribution in [3.63, 3.8) is 0 Å². The van der Waals surface area contributed by atoms with Crippen molar-refractivity contribution in [2.75, 3.05) is 17.6 Å². The molecule has 27 heavy (non-hydrogen) atoms. The van der Waals surface area contributed by atoms with Gasteiger partial charge in [-0.1, -0.05) is 30.3 Å². The summed E-state index contributed by atoms with van der Waals surface area (Å²) in [5.41, 5.74) is 1.21. The highest BCUT2D eigenvalue weighted by atomic mass is 32.2. The molecule has 0 aliphatic heterocycles. The largest absolute Gasteiger partial charge is 0.469 e. The van der Waals surface area contributed by atoms with Gasteiger partial charge in [0.05, 0.1) is 29.5 Å². The van der Waals surface area contributed by atoms with E-state index in [1.807, 2.05) is 6.07 Å². The third-order valence-corrected chi connectivity index (χ3v) is 5.92. The number of nitrogens with one attached hydrogen (secondary N) is 1. The van der Waals surface area contributed by atoms with Gasteiger partial charge in [-0.3, -0.25) is 9.52 Å². The number of aromatic nitrogens is 2. The molecule has 1 aromatic heterocycles. The van der Waals surface area contributed by atoms with Gasteiger partial charge in [-0.15, -0.1) is 11.8 Å². The zero-order valence-corrected chi connectivity index (χ0v) is 16.1. The van der Waals surface area contributed by atoms with Gasteiger partial charge in [0.25, 0.3) is 10.0 Å². The van der Waals surface area contributed by atoms with Crippen molar-refractivity contribution >= 4 is 44.6 Å². The zero-order valence-electron chi connectivity index (χ0n) is 14.5. The second kappa shape index (κ2) is 8.36. The molecular formula is C18H17N3O4S2. The van der Waals surface area contributed by atoms with Crippen LogP contribution >= 0.6 is 11.8 Å². The van der Waals surface area contributed by atoms with Crippen molar-refractivity contribution in [3.8, 4) is 0 Å². The van der Waals surface area contributed by atoms with Gasteiger partial charge in [-0.05, 0) is 24.3 Å². The first-order chi connectivity index (χ1) is 13.0. The molecule has 1 heterocycles. The van der Waals surface area contributed by atoms with Crippen LogP contribution in [0, 0.1) is 0 Å². The predicted octanol–water partition coefficient (Wildman–Crippen LogP) is 3.09. The number of methoxy groups -OCH3 is 1. The highest BCUT2D eigenvalue weighted by Gasteiger charge is 2.19. The molecule has 2 aromatic carbocycles. The number of nitrogens with zero attached hydrogens (tertiary/aromatic N) is 2. The molecule has 0 atom stereocenters. The summed E-state index contributed by atoms with van der Waals surface area (Å²) in [5.74, 6) is 0.176. The fraction of sp³-hybridized carbons (Fsp3) is 0.167. The minimum Gasteiger partial charge on any atom is -0.469 e. The highest BCUT2D eigenvalue weighted by molar-refractivity contribution is 7.99. The van der Waals surface area contributed by atoms with E-state index in [4.69, 9.17) is 0 Å². The summed E-state index contributed by atoms with van der Waals surface area (Å²) in [7, 11) is -2.49. The van der Waals surface area contributed by atoms with E-state index in [1.165, 1.54) is 31.0 Å². The van der Waals surface area contributed by atoms with Crippen molar-refractivity contribution in [1.82, 2.24) is 9.97 Å². The van der Waals surface area contributed by atoms with Crippen molar-refractivity contribution in [2.45, 2.75) is 16.3 Å². The van der Waals surface area contributed by atoms with Gasteiger partial charge in [0, 0.05) is 5.75 Å². The molecule has 9 heteroatoms. The van der Waals surface area contributed by atoms with Gasteiger partial charge >= 0.3 is 5.97 Å². The number of hydrogen-bond acceptors (Lipinski definition) is 7. The fourth-order valence-electron chi connectivity index (χ4n) is 2.27. The van der Waals surface area contributed by atoms with E-state index in [-0.39, 0.29) is 23.1 Å². The smallest absolute Gasteiger partial charge is 0.306 e. The molecule has 140 valence electrons. The minimum atomic E-state index is -3.81. The van der Waals surface area contributed by atoms with Gasteiger partial charge in [0.1, 0.15) is 5.03 Å². The summed E-state index contributed by atoms with van der Waals surface area (Å²) in [6.45, 7) is 0. The maximum atomic E-state index is 12.7. The Morgan fingerprint density at radius 1 is 1.04 bits per heavy atom. The Hall–Kier alpha value is -2.65. The number of esters is 1. The molecule has 7 nitrogen and oxygen atoms in total. The average Bonchev–Trinajstić information content (AvgIpc) is 2.68. The number of para-hydroxylation sites is 2. The number of carbonyl (C=O) groups excluding carboxylic acids is 1. The Balaban J connectivity index is 1.94. The summed E-state index contributed by atoms with van der Waals surface area (Å²) in [6, 6.07) is 15.2. The summed E-state index contributed by atoms with van der Waals surface area (Å²) >= 11 is 1.24. The maximum absolute atomic E-state index is 12.7. The molecule has 0 fully saturated rings. The number of rotatable bonds is 7. The molecule has 0 radical (unpaired) electrons. The van der Waals surface area contributed by atoms with E-state index in [1.54, 1.807) is 36.4 Å². The normalized spacial score (nSPS) is 11.3. The third-order valence-electron chi connectivity index (χ3n) is 3.60. The van der Waals surface area contributed by atoms with E-state index >= 15 is 0 Å². The van der Waals surface area contributed by atoms with Crippen LogP contribution < -0.4 is 4.72 Å². The van der Waals surface area contributed by atoms with Crippen LogP contribution in [0.2, 0.25) is 0 Å². The quantitative estimate of drug-likeness (QED) is 0.478. The summed E-state index contributed by atoms with van der Waals surface area (Å²) < 4.78 is 32.4. The van der Waals surface area contributed by atoms with Crippen molar-refractivity contribution in [1.29, 1.82) is 0 Å². The molecule has 0 bridgehead atoms. The number of anilines is 1. The number of thioether (sulfide) groups is 1. The molecule has 3 rings (SSSR count). The molecule has 1 N–H and O–H groups in total. The van der Waals surface area contributed by atoms with E-state index in [0.29, 0.717) is 21.8 Å². The van der Waals surface area contributed by atoms with Crippen molar-refractivity contribution in [3.05, 3.63) is 54.6 Å². The molecule has 0 aliphatic carbocycles. The lowest BCUT2D eigenvalue weighted by Crippen LogP contribution is -2.15. The first kappa shape index (κ1) is 19.1. The third kappa shape index (κ3) is 4.75. The van der Waals surface area contributed by atoms with Gasteiger partial charge in [0.15, 0.2) is 5.82 Å². The second-order valence-electron chi connectivity index (χ2n) is 5.46. The minimum absolute atomic E-state index is 0.130. The predicted molar refractivity (Wildman–Crippen MR) is 104 cm³/mol. The summed E-state index contributed by atoms with van der Waals surface area (Å²) in [6.07, 6.45) is 0.181. The number of hydrogen-bond donors (Lipinski definition) is 1. The molecular weight excluding hydrogens is 386 g/mol. The monoisotopic (exact) mass is 403 g/mol. The SMILES string of the molecule is COC(=O)CCSc1nc2ccccc2nc1NS(=O)(=O)c1ccccc1. The molecule has 3 aromatic rings. The number of benzene rings is 2. The van der Waals surface area contributed by atoms with Crippen molar-refractivity contribution < 1.29 is 17.9 Å². The van der Waals surface area contributed by atoms with Gasteiger partial charge in [0.2, 0.25) is 0 Å². The summed E-state index contributed by atoms with van der Waals surface area (Å²) in [5, 5.41) is 0.400. The van der Waals surface area contributed by atoms with Gasteiger partial charge in [-0.2, -0.15) is 0 Å².